The molecule has 0 saturated carbocycles. The zero-order valence-electron chi connectivity index (χ0n) is 42.6. The van der Waals surface area contributed by atoms with Gasteiger partial charge in [-0.15, -0.1) is 0 Å². The molecule has 0 aliphatic heterocycles. The summed E-state index contributed by atoms with van der Waals surface area (Å²) in [4.78, 5) is 7.65. The number of nitrogens with zero attached hydrogens (tertiary/aromatic N) is 3. The lowest BCUT2D eigenvalue weighted by Gasteiger charge is -2.39. The Bertz CT molecular complexity index is 3770. The molecule has 13 aromatic carbocycles. The lowest BCUT2D eigenvalue weighted by atomic mass is 9.92. The molecule has 0 fully saturated rings. The van der Waals surface area contributed by atoms with Crippen molar-refractivity contribution < 1.29 is 0 Å². The molecule has 3 nitrogen and oxygen atoms in total. The normalized spacial score (nSPS) is 11.3. The van der Waals surface area contributed by atoms with Crippen molar-refractivity contribution in [1.82, 2.24) is 0 Å². The monoisotopic (exact) mass is 951 g/mol. The molecule has 13 aromatic rings. The Balaban J connectivity index is 0.00000275. The second kappa shape index (κ2) is 19.4. The van der Waals surface area contributed by atoms with Crippen LogP contribution in [0.15, 0.2) is 255 Å². The average molecular weight is 952 g/mol. The molecule has 0 unspecified atom stereocenters. The number of anilines is 9. The maximum atomic E-state index is 2.55. The molecule has 0 radical (unpaired) electrons. The predicted molar refractivity (Wildman–Crippen MR) is 321 cm³/mol. The molecule has 0 amide bonds. The van der Waals surface area contributed by atoms with Gasteiger partial charge in [0.15, 0.2) is 0 Å². The Hall–Kier alpha value is -9.18. The molecule has 0 aromatic heterocycles. The molecule has 0 N–H and O–H groups in total. The van der Waals surface area contributed by atoms with Crippen LogP contribution >= 0.6 is 0 Å². The Kier molecular flexibility index (Phi) is 12.1. The first-order valence-corrected chi connectivity index (χ1v) is 25.9. The lowest BCUT2D eigenvalue weighted by Crippen LogP contribution is -2.22. The SMILES string of the molecule is CC.Cc1c(N(c2ccc3ccccc3c2)c2cccc3ccccc23)c(C)c(N(c2ccc3ccccc3c2)c2cccc3ccccc23)c(C)c1N(c1ccc2ccccc2c1)c1cccc2ccccc12. The van der Waals surface area contributed by atoms with Gasteiger partial charge in [0, 0.05) is 33.2 Å². The van der Waals surface area contributed by atoms with Gasteiger partial charge in [0.05, 0.1) is 34.1 Å². The van der Waals surface area contributed by atoms with Gasteiger partial charge in [0.2, 0.25) is 0 Å². The van der Waals surface area contributed by atoms with Crippen LogP contribution < -0.4 is 14.7 Å². The smallest absolute Gasteiger partial charge is 0.0562 e. The van der Waals surface area contributed by atoms with E-state index in [9.17, 15) is 0 Å². The lowest BCUT2D eigenvalue weighted by molar-refractivity contribution is 1.14. The molecule has 13 rings (SSSR count). The van der Waals surface area contributed by atoms with Crippen molar-refractivity contribution >= 4 is 116 Å². The highest BCUT2D eigenvalue weighted by atomic mass is 15.2. The first kappa shape index (κ1) is 45.9. The second-order valence-electron chi connectivity index (χ2n) is 19.0. The Morgan fingerprint density at radius 2 is 0.446 bits per heavy atom. The first-order chi connectivity index (χ1) is 36.5. The fourth-order valence-corrected chi connectivity index (χ4v) is 11.5. The molecule has 0 bridgehead atoms. The summed E-state index contributed by atoms with van der Waals surface area (Å²) in [5, 5.41) is 14.3. The van der Waals surface area contributed by atoms with Gasteiger partial charge >= 0.3 is 0 Å². The van der Waals surface area contributed by atoms with Gasteiger partial charge in [0.25, 0.3) is 0 Å². The first-order valence-electron chi connectivity index (χ1n) is 25.9. The van der Waals surface area contributed by atoms with Crippen LogP contribution in [-0.4, -0.2) is 0 Å². The van der Waals surface area contributed by atoms with Crippen LogP contribution in [0.5, 0.6) is 0 Å². The molecule has 0 spiro atoms. The average Bonchev–Trinajstić information content (AvgIpc) is 3.46. The molecule has 0 saturated heterocycles. The fourth-order valence-electron chi connectivity index (χ4n) is 11.5. The van der Waals surface area contributed by atoms with E-state index in [2.05, 4.69) is 290 Å². The van der Waals surface area contributed by atoms with E-state index in [4.69, 9.17) is 0 Å². The van der Waals surface area contributed by atoms with E-state index in [1.165, 1.54) is 64.6 Å². The van der Waals surface area contributed by atoms with Gasteiger partial charge in [0.1, 0.15) is 0 Å². The van der Waals surface area contributed by atoms with E-state index < -0.39 is 0 Å². The minimum atomic E-state index is 1.09. The van der Waals surface area contributed by atoms with Crippen molar-refractivity contribution in [3.63, 3.8) is 0 Å². The molecule has 74 heavy (non-hydrogen) atoms. The zero-order chi connectivity index (χ0) is 50.3. The van der Waals surface area contributed by atoms with E-state index in [1.54, 1.807) is 0 Å². The number of hydrogen-bond acceptors (Lipinski definition) is 3. The Morgan fingerprint density at radius 3 is 0.730 bits per heavy atom. The third-order valence-corrected chi connectivity index (χ3v) is 14.8. The van der Waals surface area contributed by atoms with Gasteiger partial charge < -0.3 is 14.7 Å². The maximum absolute atomic E-state index is 2.55. The van der Waals surface area contributed by atoms with Gasteiger partial charge in [-0.3, -0.25) is 0 Å². The third kappa shape index (κ3) is 7.95. The van der Waals surface area contributed by atoms with Crippen LogP contribution in [0.2, 0.25) is 0 Å². The third-order valence-electron chi connectivity index (χ3n) is 14.8. The maximum Gasteiger partial charge on any atom is 0.0562 e. The Morgan fingerprint density at radius 1 is 0.216 bits per heavy atom. The van der Waals surface area contributed by atoms with Crippen molar-refractivity contribution in [1.29, 1.82) is 0 Å². The van der Waals surface area contributed by atoms with Gasteiger partial charge in [-0.2, -0.15) is 0 Å². The van der Waals surface area contributed by atoms with E-state index >= 15 is 0 Å². The number of benzene rings is 13. The molecule has 0 aliphatic rings. The largest absolute Gasteiger partial charge is 0.309 e. The highest BCUT2D eigenvalue weighted by Gasteiger charge is 2.32. The standard InChI is InChI=1S/C69H51N3.C2H6/c1-46-67(70(58-40-37-49-19-4-7-25-55(49)43-58)64-34-16-28-52-22-10-13-31-61(52)64)47(2)69(72(60-42-39-51-21-6-9-27-57(51)45-60)66-36-18-30-54-24-12-15-33-63(54)66)48(3)68(46)71(59-41-38-50-20-5-8-26-56(50)44-59)65-35-17-29-53-23-11-14-32-62(53)65;1-2/h4-45H,1-3H3;1-2H3. The quantitative estimate of drug-likeness (QED) is 0.143. The van der Waals surface area contributed by atoms with E-state index in [0.717, 1.165) is 67.9 Å². The van der Waals surface area contributed by atoms with E-state index in [1.807, 2.05) is 13.8 Å². The van der Waals surface area contributed by atoms with Crippen LogP contribution in [0, 0.1) is 20.8 Å². The van der Waals surface area contributed by atoms with Crippen LogP contribution in [0.25, 0.3) is 64.6 Å². The summed E-state index contributed by atoms with van der Waals surface area (Å²) >= 11 is 0. The molecule has 0 heterocycles. The predicted octanol–water partition coefficient (Wildman–Crippen LogP) is 21.0. The Labute approximate surface area is 434 Å². The van der Waals surface area contributed by atoms with E-state index in [-0.39, 0.29) is 0 Å². The van der Waals surface area contributed by atoms with Crippen molar-refractivity contribution in [2.24, 2.45) is 0 Å². The van der Waals surface area contributed by atoms with Crippen LogP contribution in [-0.2, 0) is 0 Å². The molecular formula is C71H57N3. The van der Waals surface area contributed by atoms with Crippen LogP contribution in [0.4, 0.5) is 51.2 Å². The minimum absolute atomic E-state index is 1.09. The fraction of sp³-hybridized carbons (Fsp3) is 0.0704. The summed E-state index contributed by atoms with van der Waals surface area (Å²) in [6, 6.07) is 93.6. The highest BCUT2D eigenvalue weighted by molar-refractivity contribution is 6.08. The summed E-state index contributed by atoms with van der Waals surface area (Å²) in [5.41, 5.74) is 13.4. The highest BCUT2D eigenvalue weighted by Crippen LogP contribution is 2.55. The summed E-state index contributed by atoms with van der Waals surface area (Å²) in [7, 11) is 0. The summed E-state index contributed by atoms with van der Waals surface area (Å²) in [6.45, 7) is 11.1. The minimum Gasteiger partial charge on any atom is -0.309 e. The van der Waals surface area contributed by atoms with Crippen molar-refractivity contribution in [3.05, 3.63) is 271 Å². The number of rotatable bonds is 9. The van der Waals surface area contributed by atoms with Crippen molar-refractivity contribution in [2.45, 2.75) is 34.6 Å². The van der Waals surface area contributed by atoms with Crippen LogP contribution in [0.1, 0.15) is 30.5 Å². The van der Waals surface area contributed by atoms with E-state index in [0.29, 0.717) is 0 Å². The van der Waals surface area contributed by atoms with Crippen molar-refractivity contribution in [3.8, 4) is 0 Å². The summed E-state index contributed by atoms with van der Waals surface area (Å²) < 4.78 is 0. The number of fused-ring (bicyclic) bond motifs is 6. The molecule has 0 atom stereocenters. The second-order valence-corrected chi connectivity index (χ2v) is 19.0. The summed E-state index contributed by atoms with van der Waals surface area (Å²) in [5.74, 6) is 0. The van der Waals surface area contributed by atoms with Gasteiger partial charge in [-0.1, -0.05) is 214 Å². The molecular weight excluding hydrogens is 895 g/mol. The topological polar surface area (TPSA) is 9.72 Å². The molecule has 356 valence electrons. The zero-order valence-corrected chi connectivity index (χ0v) is 42.6. The molecule has 3 heteroatoms. The number of hydrogen-bond donors (Lipinski definition) is 0. The van der Waals surface area contributed by atoms with Crippen LogP contribution in [0.3, 0.4) is 0 Å². The molecule has 0 aliphatic carbocycles. The van der Waals surface area contributed by atoms with Crippen molar-refractivity contribution in [2.75, 3.05) is 14.7 Å². The van der Waals surface area contributed by atoms with Gasteiger partial charge in [-0.25, -0.2) is 0 Å². The van der Waals surface area contributed by atoms with Gasteiger partial charge in [-0.05, 0) is 141 Å². The summed E-state index contributed by atoms with van der Waals surface area (Å²) in [6.07, 6.45) is 0.